The number of urea groups is 1. The zero-order valence-corrected chi connectivity index (χ0v) is 9.17. The molecule has 0 saturated carbocycles. The maximum Gasteiger partial charge on any atom is 0.339 e. The van der Waals surface area contributed by atoms with Gasteiger partial charge in [-0.15, -0.1) is 0 Å². The lowest BCUT2D eigenvalue weighted by atomic mass is 10.2. The van der Waals surface area contributed by atoms with Gasteiger partial charge in [-0.05, 0) is 18.2 Å². The number of ether oxygens (including phenoxy) is 1. The summed E-state index contributed by atoms with van der Waals surface area (Å²) in [5.41, 5.74) is 10.2. The fraction of sp³-hybridized carbons (Fsp3) is 0.100. The quantitative estimate of drug-likeness (QED) is 0.534. The molecule has 0 heterocycles. The Morgan fingerprint density at radius 3 is 2.56 bits per heavy atom. The zero-order chi connectivity index (χ0) is 13.7. The summed E-state index contributed by atoms with van der Waals surface area (Å²) in [7, 11) is 0. The Hall–Kier alpha value is -2.77. The Balaban J connectivity index is 2.76. The summed E-state index contributed by atoms with van der Waals surface area (Å²) in [6.45, 7) is -0.535. The van der Waals surface area contributed by atoms with Crippen molar-refractivity contribution in [3.05, 3.63) is 23.8 Å². The van der Waals surface area contributed by atoms with Gasteiger partial charge in [0.15, 0.2) is 6.61 Å². The Kier molecular flexibility index (Phi) is 4.08. The smallest absolute Gasteiger partial charge is 0.339 e. The average Bonchev–Trinajstić information content (AvgIpc) is 2.26. The van der Waals surface area contributed by atoms with Crippen LogP contribution in [0.2, 0.25) is 0 Å². The number of nitrogens with one attached hydrogen (secondary N) is 1. The lowest BCUT2D eigenvalue weighted by molar-refractivity contribution is -0.121. The lowest BCUT2D eigenvalue weighted by Gasteiger charge is -2.09. The number of carbonyl (C=O) groups is 3. The van der Waals surface area contributed by atoms with Crippen molar-refractivity contribution in [1.29, 1.82) is 0 Å². The number of nitrogens with two attached hydrogens (primary N) is 2. The molecule has 6 N–H and O–H groups in total. The van der Waals surface area contributed by atoms with E-state index in [4.69, 9.17) is 21.3 Å². The van der Waals surface area contributed by atoms with Gasteiger partial charge in [-0.3, -0.25) is 10.1 Å². The van der Waals surface area contributed by atoms with E-state index in [2.05, 4.69) is 0 Å². The van der Waals surface area contributed by atoms with Crippen molar-refractivity contribution in [1.82, 2.24) is 5.32 Å². The normalized spacial score (nSPS) is 9.56. The first-order valence-electron chi connectivity index (χ1n) is 4.75. The minimum absolute atomic E-state index is 0.0312. The van der Waals surface area contributed by atoms with E-state index in [0.29, 0.717) is 0 Å². The van der Waals surface area contributed by atoms with Crippen LogP contribution in [0.1, 0.15) is 10.4 Å². The van der Waals surface area contributed by atoms with Gasteiger partial charge in [-0.1, -0.05) is 0 Å². The predicted molar refractivity (Wildman–Crippen MR) is 61.0 cm³/mol. The monoisotopic (exact) mass is 253 g/mol. The summed E-state index contributed by atoms with van der Waals surface area (Å²) in [4.78, 5) is 32.3. The van der Waals surface area contributed by atoms with E-state index >= 15 is 0 Å². The molecule has 1 aromatic carbocycles. The number of carbonyl (C=O) groups excluding carboxylic acids is 2. The molecule has 0 saturated heterocycles. The number of nitrogen functional groups attached to an aromatic ring is 1. The van der Waals surface area contributed by atoms with Crippen LogP contribution in [0.25, 0.3) is 0 Å². The Morgan fingerprint density at radius 1 is 1.33 bits per heavy atom. The van der Waals surface area contributed by atoms with E-state index in [1.165, 1.54) is 18.2 Å². The van der Waals surface area contributed by atoms with Gasteiger partial charge in [0.05, 0.1) is 0 Å². The molecule has 0 spiro atoms. The molecular weight excluding hydrogens is 242 g/mol. The number of carboxylic acid groups (broad SMARTS) is 1. The Bertz CT molecular complexity index is 500. The third-order valence-corrected chi connectivity index (χ3v) is 1.86. The van der Waals surface area contributed by atoms with E-state index in [0.717, 1.165) is 0 Å². The molecule has 0 radical (unpaired) electrons. The van der Waals surface area contributed by atoms with Crippen LogP contribution in [0.15, 0.2) is 18.2 Å². The molecule has 8 heteroatoms. The van der Waals surface area contributed by atoms with Gasteiger partial charge in [-0.25, -0.2) is 9.59 Å². The first kappa shape index (κ1) is 13.3. The van der Waals surface area contributed by atoms with E-state index < -0.39 is 24.5 Å². The second-order valence-electron chi connectivity index (χ2n) is 3.26. The third-order valence-electron chi connectivity index (χ3n) is 1.86. The fourth-order valence-corrected chi connectivity index (χ4v) is 1.16. The molecule has 1 aromatic rings. The summed E-state index contributed by atoms with van der Waals surface area (Å²) in [6, 6.07) is 2.92. The highest BCUT2D eigenvalue weighted by atomic mass is 16.5. The number of benzene rings is 1. The molecule has 1 rings (SSSR count). The number of hydrogen-bond donors (Lipinski definition) is 4. The molecule has 18 heavy (non-hydrogen) atoms. The van der Waals surface area contributed by atoms with Crippen molar-refractivity contribution in [3.8, 4) is 5.75 Å². The van der Waals surface area contributed by atoms with Gasteiger partial charge in [0.1, 0.15) is 11.3 Å². The highest BCUT2D eigenvalue weighted by Gasteiger charge is 2.13. The zero-order valence-electron chi connectivity index (χ0n) is 9.17. The van der Waals surface area contributed by atoms with Crippen LogP contribution in [0.5, 0.6) is 5.75 Å². The van der Waals surface area contributed by atoms with Gasteiger partial charge in [-0.2, -0.15) is 0 Å². The van der Waals surface area contributed by atoms with Crippen molar-refractivity contribution in [2.24, 2.45) is 5.73 Å². The summed E-state index contributed by atoms with van der Waals surface area (Å²) in [5, 5.41) is 10.7. The molecule has 0 unspecified atom stereocenters. The molecule has 0 fully saturated rings. The first-order valence-corrected chi connectivity index (χ1v) is 4.75. The standard InChI is InChI=1S/C10H11N3O5/c11-5-1-2-7(6(3-5)9(15)16)18-4-8(14)13-10(12)17/h1-3H,4,11H2,(H,15,16)(H3,12,13,14,17). The highest BCUT2D eigenvalue weighted by Crippen LogP contribution is 2.21. The minimum atomic E-state index is -1.24. The molecule has 0 atom stereocenters. The topological polar surface area (TPSA) is 145 Å². The number of aromatic carboxylic acids is 1. The van der Waals surface area contributed by atoms with Gasteiger partial charge in [0.2, 0.25) is 0 Å². The Labute approximate surface area is 102 Å². The molecule has 3 amide bonds. The van der Waals surface area contributed by atoms with E-state index in [1.807, 2.05) is 0 Å². The molecule has 0 aliphatic carbocycles. The molecule has 0 aliphatic rings. The van der Waals surface area contributed by atoms with Crippen molar-refractivity contribution in [3.63, 3.8) is 0 Å². The minimum Gasteiger partial charge on any atom is -0.483 e. The maximum atomic E-state index is 11.1. The van der Waals surface area contributed by atoms with Crippen LogP contribution in [-0.4, -0.2) is 29.6 Å². The molecule has 0 bridgehead atoms. The SMILES string of the molecule is NC(=O)NC(=O)COc1ccc(N)cc1C(=O)O. The number of primary amides is 1. The van der Waals surface area contributed by atoms with Gasteiger partial charge in [0, 0.05) is 5.69 Å². The average molecular weight is 253 g/mol. The number of rotatable bonds is 4. The van der Waals surface area contributed by atoms with Gasteiger partial charge >= 0.3 is 12.0 Å². The van der Waals surface area contributed by atoms with Crippen LogP contribution in [0.3, 0.4) is 0 Å². The molecule has 0 aromatic heterocycles. The van der Waals surface area contributed by atoms with Crippen LogP contribution in [0.4, 0.5) is 10.5 Å². The summed E-state index contributed by atoms with van der Waals surface area (Å²) in [5.74, 6) is -2.06. The Morgan fingerprint density at radius 2 is 2.00 bits per heavy atom. The van der Waals surface area contributed by atoms with Crippen molar-refractivity contribution < 1.29 is 24.2 Å². The molecule has 96 valence electrons. The second-order valence-corrected chi connectivity index (χ2v) is 3.26. The number of anilines is 1. The fourth-order valence-electron chi connectivity index (χ4n) is 1.16. The van der Waals surface area contributed by atoms with Crippen LogP contribution < -0.4 is 21.5 Å². The second kappa shape index (κ2) is 5.53. The van der Waals surface area contributed by atoms with E-state index in [-0.39, 0.29) is 17.0 Å². The third kappa shape index (κ3) is 3.67. The molecule has 8 nitrogen and oxygen atoms in total. The van der Waals surface area contributed by atoms with Gasteiger partial charge in [0.25, 0.3) is 5.91 Å². The molecular formula is C10H11N3O5. The number of amides is 3. The van der Waals surface area contributed by atoms with Crippen molar-refractivity contribution in [2.75, 3.05) is 12.3 Å². The van der Waals surface area contributed by atoms with Gasteiger partial charge < -0.3 is 21.3 Å². The van der Waals surface area contributed by atoms with Crippen LogP contribution >= 0.6 is 0 Å². The van der Waals surface area contributed by atoms with E-state index in [1.54, 1.807) is 5.32 Å². The number of hydrogen-bond acceptors (Lipinski definition) is 5. The van der Waals surface area contributed by atoms with Crippen LogP contribution in [0, 0.1) is 0 Å². The number of imide groups is 1. The predicted octanol–water partition coefficient (Wildman–Crippen LogP) is -0.459. The largest absolute Gasteiger partial charge is 0.483 e. The maximum absolute atomic E-state index is 11.1. The summed E-state index contributed by atoms with van der Waals surface area (Å²) < 4.78 is 4.96. The van der Waals surface area contributed by atoms with Crippen molar-refractivity contribution >= 4 is 23.6 Å². The number of carboxylic acids is 1. The first-order chi connectivity index (χ1) is 8.40. The van der Waals surface area contributed by atoms with Crippen molar-refractivity contribution in [2.45, 2.75) is 0 Å². The summed E-state index contributed by atoms with van der Waals surface area (Å²) in [6.07, 6.45) is 0. The van der Waals surface area contributed by atoms with Crippen LogP contribution in [-0.2, 0) is 4.79 Å². The molecule has 0 aliphatic heterocycles. The summed E-state index contributed by atoms with van der Waals surface area (Å²) >= 11 is 0. The van der Waals surface area contributed by atoms with E-state index in [9.17, 15) is 14.4 Å². The lowest BCUT2D eigenvalue weighted by Crippen LogP contribution is -2.38. The highest BCUT2D eigenvalue weighted by molar-refractivity contribution is 5.95.